The molecule has 320 valence electrons. The number of fused-ring (bicyclic) bond motifs is 12. The summed E-state index contributed by atoms with van der Waals surface area (Å²) in [7, 11) is 0. The first-order valence-corrected chi connectivity index (χ1v) is 24.1. The van der Waals surface area contributed by atoms with Crippen LogP contribution in [0.15, 0.2) is 156 Å². The highest BCUT2D eigenvalue weighted by atomic mass is 32.1. The van der Waals surface area contributed by atoms with E-state index in [0.717, 1.165) is 44.4 Å². The Morgan fingerprint density at radius 1 is 0.477 bits per heavy atom. The second-order valence-corrected chi connectivity index (χ2v) is 22.8. The van der Waals surface area contributed by atoms with E-state index in [0.29, 0.717) is 0 Å². The van der Waals surface area contributed by atoms with Crippen LogP contribution in [0, 0.1) is 0 Å². The van der Waals surface area contributed by atoms with Crippen LogP contribution >= 0.6 is 11.3 Å². The monoisotopic (exact) mass is 861 g/mol. The first-order chi connectivity index (χ1) is 31.0. The fourth-order valence-corrected chi connectivity index (χ4v) is 12.8. The highest BCUT2D eigenvalue weighted by Gasteiger charge is 2.40. The molecule has 0 N–H and O–H groups in total. The van der Waals surface area contributed by atoms with E-state index < -0.39 is 0 Å². The first-order valence-electron chi connectivity index (χ1n) is 23.2. The van der Waals surface area contributed by atoms with Crippen molar-refractivity contribution in [1.82, 2.24) is 0 Å². The second kappa shape index (κ2) is 13.6. The third-order valence-electron chi connectivity index (χ3n) is 15.0. The molecule has 12 rings (SSSR count). The number of hydrogen-bond acceptors (Lipinski definition) is 3. The summed E-state index contributed by atoms with van der Waals surface area (Å²) in [5, 5.41) is 5.05. The zero-order valence-electron chi connectivity index (χ0n) is 39.2. The lowest BCUT2D eigenvalue weighted by Crippen LogP contribution is -2.17. The van der Waals surface area contributed by atoms with Gasteiger partial charge in [-0.15, -0.1) is 11.3 Å². The summed E-state index contributed by atoms with van der Waals surface area (Å²) in [5.41, 5.74) is 20.9. The molecule has 0 spiro atoms. The van der Waals surface area contributed by atoms with E-state index in [1.54, 1.807) is 0 Å². The summed E-state index contributed by atoms with van der Waals surface area (Å²) in [6, 6.07) is 57.2. The Kier molecular flexibility index (Phi) is 8.37. The largest absolute Gasteiger partial charge is 0.455 e. The smallest absolute Gasteiger partial charge is 0.143 e. The van der Waals surface area contributed by atoms with Crippen LogP contribution in [0.25, 0.3) is 75.5 Å². The minimum atomic E-state index is -0.208. The molecule has 2 heterocycles. The third kappa shape index (κ3) is 5.84. The van der Waals surface area contributed by atoms with E-state index in [1.165, 1.54) is 81.5 Å². The summed E-state index contributed by atoms with van der Waals surface area (Å²) in [6.45, 7) is 23.7. The van der Waals surface area contributed by atoms with Gasteiger partial charge in [-0.1, -0.05) is 166 Å². The predicted octanol–water partition coefficient (Wildman–Crippen LogP) is 18.3. The van der Waals surface area contributed by atoms with E-state index in [1.807, 2.05) is 17.4 Å². The van der Waals surface area contributed by atoms with Gasteiger partial charge >= 0.3 is 0 Å². The molecule has 2 nitrogen and oxygen atoms in total. The van der Waals surface area contributed by atoms with Gasteiger partial charge in [0.2, 0.25) is 0 Å². The third-order valence-corrected chi connectivity index (χ3v) is 16.2. The quantitative estimate of drug-likeness (QED) is 0.175. The van der Waals surface area contributed by atoms with Gasteiger partial charge in [-0.05, 0) is 121 Å². The molecule has 8 aromatic carbocycles. The molecule has 0 unspecified atom stereocenters. The van der Waals surface area contributed by atoms with Gasteiger partial charge in [0.1, 0.15) is 11.2 Å². The average molecular weight is 862 g/mol. The Hall–Kier alpha value is -6.42. The van der Waals surface area contributed by atoms with Crippen molar-refractivity contribution >= 4 is 70.5 Å². The van der Waals surface area contributed by atoms with Crippen molar-refractivity contribution in [3.05, 3.63) is 185 Å². The molecule has 0 radical (unpaired) electrons. The number of thiophene rings is 1. The van der Waals surface area contributed by atoms with Crippen molar-refractivity contribution in [2.45, 2.75) is 90.9 Å². The summed E-state index contributed by atoms with van der Waals surface area (Å²) >= 11 is 1.97. The molecule has 0 saturated heterocycles. The molecular formula is C62H55NOS. The highest BCUT2D eigenvalue weighted by molar-refractivity contribution is 7.26. The van der Waals surface area contributed by atoms with E-state index in [2.05, 4.69) is 220 Å². The van der Waals surface area contributed by atoms with Crippen LogP contribution in [-0.2, 0) is 21.7 Å². The van der Waals surface area contributed by atoms with Gasteiger partial charge in [0.05, 0.1) is 5.69 Å². The molecule has 2 aliphatic rings. The number of rotatable bonds is 4. The minimum absolute atomic E-state index is 0.0164. The van der Waals surface area contributed by atoms with Crippen LogP contribution in [0.5, 0.6) is 0 Å². The molecule has 10 aromatic rings. The standard InChI is InChI=1S/C62H55NOS/c1-59(2,3)37-31-46-45-34-51-47(35-55(45)65-58(46)52(32-37)60(4,5)6)56-49(62(51,9)10)22-16-23-53(56)63(39-29-30-42-41-17-11-13-21-48(41)61(7,8)50(42)33-39)38-27-25-36(26-28-38)40-19-15-20-44-43-18-12-14-24-54(43)64-57(40)44/h11-35H,1-10H3. The Morgan fingerprint density at radius 2 is 1.12 bits per heavy atom. The predicted molar refractivity (Wildman–Crippen MR) is 279 cm³/mol. The van der Waals surface area contributed by atoms with Crippen LogP contribution < -0.4 is 4.90 Å². The molecular weight excluding hydrogens is 807 g/mol. The second-order valence-electron chi connectivity index (χ2n) is 21.8. The van der Waals surface area contributed by atoms with Crippen molar-refractivity contribution < 1.29 is 4.42 Å². The molecule has 2 aliphatic carbocycles. The SMILES string of the molecule is CC(C)(C)c1cc(C(C)(C)C)c2sc3cc4c(cc3c2c1)C(C)(C)c1cccc(N(c2ccc(-c3cccc5c3oc3ccccc35)cc2)c2ccc3c(c2)C(C)(C)c2ccccc2-3)c1-4. The van der Waals surface area contributed by atoms with Crippen molar-refractivity contribution in [2.75, 3.05) is 4.90 Å². The Morgan fingerprint density at radius 3 is 1.91 bits per heavy atom. The van der Waals surface area contributed by atoms with Crippen LogP contribution in [0.2, 0.25) is 0 Å². The normalized spacial score (nSPS) is 14.9. The summed E-state index contributed by atoms with van der Waals surface area (Å²) < 4.78 is 9.29. The summed E-state index contributed by atoms with van der Waals surface area (Å²) in [6.07, 6.45) is 0. The minimum Gasteiger partial charge on any atom is -0.455 e. The zero-order valence-corrected chi connectivity index (χ0v) is 40.0. The zero-order chi connectivity index (χ0) is 44.9. The molecule has 65 heavy (non-hydrogen) atoms. The molecule has 0 atom stereocenters. The van der Waals surface area contributed by atoms with E-state index in [9.17, 15) is 0 Å². The number of hydrogen-bond donors (Lipinski definition) is 0. The number of anilines is 3. The fourth-order valence-electron chi connectivity index (χ4n) is 11.3. The van der Waals surface area contributed by atoms with Gasteiger partial charge in [-0.2, -0.15) is 0 Å². The molecule has 0 fully saturated rings. The number of nitrogens with zero attached hydrogens (tertiary/aromatic N) is 1. The Bertz CT molecular complexity index is 3620. The van der Waals surface area contributed by atoms with Gasteiger partial charge in [0.15, 0.2) is 0 Å². The molecule has 0 amide bonds. The number of benzene rings is 8. The first kappa shape index (κ1) is 40.1. The number of para-hydroxylation sites is 2. The van der Waals surface area contributed by atoms with E-state index >= 15 is 0 Å². The van der Waals surface area contributed by atoms with Crippen molar-refractivity contribution in [3.8, 4) is 33.4 Å². The van der Waals surface area contributed by atoms with Crippen LogP contribution in [-0.4, -0.2) is 0 Å². The molecule has 3 heteroatoms. The molecule has 0 aliphatic heterocycles. The van der Waals surface area contributed by atoms with Gasteiger partial charge in [0, 0.05) is 64.3 Å². The van der Waals surface area contributed by atoms with Gasteiger partial charge in [-0.3, -0.25) is 0 Å². The molecule has 0 bridgehead atoms. The van der Waals surface area contributed by atoms with Crippen LogP contribution in [0.4, 0.5) is 17.1 Å². The number of furan rings is 1. The maximum atomic E-state index is 6.53. The van der Waals surface area contributed by atoms with Crippen LogP contribution in [0.3, 0.4) is 0 Å². The summed E-state index contributed by atoms with van der Waals surface area (Å²) in [4.78, 5) is 2.53. The lowest BCUT2D eigenvalue weighted by molar-refractivity contribution is 0.573. The molecule has 0 saturated carbocycles. The lowest BCUT2D eigenvalue weighted by Gasteiger charge is -2.30. The van der Waals surface area contributed by atoms with Crippen molar-refractivity contribution in [1.29, 1.82) is 0 Å². The van der Waals surface area contributed by atoms with Gasteiger partial charge < -0.3 is 9.32 Å². The fraction of sp³-hybridized carbons (Fsp3) is 0.226. The Labute approximate surface area is 387 Å². The topological polar surface area (TPSA) is 16.4 Å². The maximum Gasteiger partial charge on any atom is 0.143 e. The van der Waals surface area contributed by atoms with E-state index in [-0.39, 0.29) is 21.7 Å². The Balaban J connectivity index is 1.08. The lowest BCUT2D eigenvalue weighted by atomic mass is 9.79. The van der Waals surface area contributed by atoms with Gasteiger partial charge in [-0.25, -0.2) is 0 Å². The summed E-state index contributed by atoms with van der Waals surface area (Å²) in [5.74, 6) is 0. The maximum absolute atomic E-state index is 6.53. The van der Waals surface area contributed by atoms with E-state index in [4.69, 9.17) is 4.42 Å². The van der Waals surface area contributed by atoms with Crippen molar-refractivity contribution in [2.24, 2.45) is 0 Å². The van der Waals surface area contributed by atoms with Crippen LogP contribution in [0.1, 0.15) is 103 Å². The molecule has 2 aromatic heterocycles. The average Bonchev–Trinajstić information content (AvgIpc) is 3.98. The highest BCUT2D eigenvalue weighted by Crippen LogP contribution is 2.58. The van der Waals surface area contributed by atoms with Gasteiger partial charge in [0.25, 0.3) is 0 Å². The van der Waals surface area contributed by atoms with Crippen molar-refractivity contribution in [3.63, 3.8) is 0 Å².